The van der Waals surface area contributed by atoms with E-state index in [1.807, 2.05) is 0 Å². The van der Waals surface area contributed by atoms with E-state index in [1.165, 1.54) is 0 Å². The number of furan rings is 1. The average molecular weight is 390 g/mol. The van der Waals surface area contributed by atoms with Gasteiger partial charge in [-0.25, -0.2) is 4.79 Å². The van der Waals surface area contributed by atoms with E-state index in [-0.39, 0.29) is 10.2 Å². The van der Waals surface area contributed by atoms with Crippen LogP contribution in [-0.2, 0) is 9.59 Å². The van der Waals surface area contributed by atoms with Crippen molar-refractivity contribution in [3.63, 3.8) is 0 Å². The minimum absolute atomic E-state index is 0.248. The number of halogens is 1. The molecule has 0 aliphatic carbocycles. The van der Waals surface area contributed by atoms with E-state index in [9.17, 15) is 14.7 Å². The quantitative estimate of drug-likeness (QED) is 0.628. The first kappa shape index (κ1) is 16.3. The van der Waals surface area contributed by atoms with Crippen molar-refractivity contribution in [1.29, 1.82) is 0 Å². The molecule has 0 saturated carbocycles. The minimum atomic E-state index is -1.07. The Balaban J connectivity index is 2.32. The van der Waals surface area contributed by atoms with Gasteiger partial charge < -0.3 is 9.52 Å². The molecule has 112 valence electrons. The van der Waals surface area contributed by atoms with Crippen molar-refractivity contribution >= 4 is 62.2 Å². The molecule has 0 radical (unpaired) electrons. The number of carbonyl (C=O) groups is 2. The van der Waals surface area contributed by atoms with Crippen molar-refractivity contribution in [3.05, 3.63) is 27.5 Å². The predicted octanol–water partition coefficient (Wildman–Crippen LogP) is 3.35. The fourth-order valence-corrected chi connectivity index (χ4v) is 3.58. The molecule has 1 atom stereocenters. The van der Waals surface area contributed by atoms with Gasteiger partial charge in [0, 0.05) is 6.08 Å². The zero-order chi connectivity index (χ0) is 15.7. The number of amides is 1. The molecule has 2 heterocycles. The molecule has 1 unspecified atom stereocenters. The Labute approximate surface area is 139 Å². The Hall–Kier alpha value is -1.12. The topological polar surface area (TPSA) is 70.8 Å². The number of thioether (sulfide) groups is 1. The van der Waals surface area contributed by atoms with E-state index in [1.54, 1.807) is 32.1 Å². The summed E-state index contributed by atoms with van der Waals surface area (Å²) in [5, 5.41) is 9.31. The smallest absolute Gasteiger partial charge is 0.327 e. The van der Waals surface area contributed by atoms with Crippen molar-refractivity contribution in [2.75, 3.05) is 0 Å². The summed E-state index contributed by atoms with van der Waals surface area (Å²) >= 11 is 9.41. The standard InChI is InChI=1S/C13H12BrNO4S2/c1-6(2)10(12(17)18)15-11(16)8(21-13(15)20)5-7-3-4-9(14)19-7/h3-6,10H,1-2H3,(H,17,18). The monoisotopic (exact) mass is 389 g/mol. The fourth-order valence-electron chi connectivity index (χ4n) is 1.95. The van der Waals surface area contributed by atoms with E-state index in [4.69, 9.17) is 16.6 Å². The summed E-state index contributed by atoms with van der Waals surface area (Å²) in [5.74, 6) is -1.22. The van der Waals surface area contributed by atoms with Gasteiger partial charge in [0.2, 0.25) is 0 Å². The second kappa shape index (κ2) is 6.33. The Morgan fingerprint density at radius 2 is 2.19 bits per heavy atom. The van der Waals surface area contributed by atoms with Crippen molar-refractivity contribution in [1.82, 2.24) is 4.90 Å². The zero-order valence-electron chi connectivity index (χ0n) is 11.2. The second-order valence-corrected chi connectivity index (χ2v) is 7.18. The maximum Gasteiger partial charge on any atom is 0.327 e. The van der Waals surface area contributed by atoms with Crippen LogP contribution in [0.2, 0.25) is 0 Å². The van der Waals surface area contributed by atoms with Gasteiger partial charge in [0.05, 0.1) is 4.91 Å². The second-order valence-electron chi connectivity index (χ2n) is 4.72. The van der Waals surface area contributed by atoms with Gasteiger partial charge in [-0.05, 0) is 34.0 Å². The normalized spacial score (nSPS) is 18.9. The zero-order valence-corrected chi connectivity index (χ0v) is 14.4. The minimum Gasteiger partial charge on any atom is -0.480 e. The number of hydrogen-bond acceptors (Lipinski definition) is 5. The molecule has 1 aromatic rings. The van der Waals surface area contributed by atoms with Crippen LogP contribution in [0.15, 0.2) is 26.1 Å². The molecule has 2 rings (SSSR count). The van der Waals surface area contributed by atoms with Gasteiger partial charge in [0.25, 0.3) is 5.91 Å². The van der Waals surface area contributed by atoms with Crippen LogP contribution in [0.3, 0.4) is 0 Å². The highest BCUT2D eigenvalue weighted by Gasteiger charge is 2.41. The van der Waals surface area contributed by atoms with Crippen LogP contribution in [0.5, 0.6) is 0 Å². The first-order chi connectivity index (χ1) is 9.81. The van der Waals surface area contributed by atoms with Crippen LogP contribution >= 0.6 is 39.9 Å². The Morgan fingerprint density at radius 1 is 1.52 bits per heavy atom. The van der Waals surface area contributed by atoms with Gasteiger partial charge in [-0.15, -0.1) is 0 Å². The largest absolute Gasteiger partial charge is 0.480 e. The molecule has 0 spiro atoms. The van der Waals surface area contributed by atoms with Gasteiger partial charge in [-0.3, -0.25) is 9.69 Å². The van der Waals surface area contributed by atoms with Crippen LogP contribution in [0, 0.1) is 5.92 Å². The molecule has 1 aliphatic heterocycles. The van der Waals surface area contributed by atoms with Crippen LogP contribution < -0.4 is 0 Å². The molecule has 1 N–H and O–H groups in total. The molecule has 0 bridgehead atoms. The molecule has 1 aromatic heterocycles. The molecule has 1 amide bonds. The lowest BCUT2D eigenvalue weighted by molar-refractivity contribution is -0.146. The molecular weight excluding hydrogens is 378 g/mol. The molecule has 1 aliphatic rings. The van der Waals surface area contributed by atoms with E-state index in [0.29, 0.717) is 15.3 Å². The van der Waals surface area contributed by atoms with Crippen LogP contribution in [0.25, 0.3) is 6.08 Å². The van der Waals surface area contributed by atoms with Crippen molar-refractivity contribution in [3.8, 4) is 0 Å². The van der Waals surface area contributed by atoms with Gasteiger partial charge in [-0.2, -0.15) is 0 Å². The van der Waals surface area contributed by atoms with E-state index in [0.717, 1.165) is 16.7 Å². The lowest BCUT2D eigenvalue weighted by Gasteiger charge is -2.26. The number of aliphatic carboxylic acids is 1. The molecule has 1 fully saturated rings. The summed E-state index contributed by atoms with van der Waals surface area (Å²) in [6.07, 6.45) is 1.56. The molecule has 5 nitrogen and oxygen atoms in total. The Bertz CT molecular complexity index is 638. The highest BCUT2D eigenvalue weighted by molar-refractivity contribution is 9.10. The lowest BCUT2D eigenvalue weighted by atomic mass is 10.0. The number of hydrogen-bond donors (Lipinski definition) is 1. The Morgan fingerprint density at radius 3 is 2.67 bits per heavy atom. The summed E-state index contributed by atoms with van der Waals surface area (Å²) in [5.41, 5.74) is 0. The third-order valence-electron chi connectivity index (χ3n) is 2.85. The van der Waals surface area contributed by atoms with Gasteiger partial charge >= 0.3 is 5.97 Å². The van der Waals surface area contributed by atoms with E-state index in [2.05, 4.69) is 15.9 Å². The maximum absolute atomic E-state index is 12.4. The predicted molar refractivity (Wildman–Crippen MR) is 87.7 cm³/mol. The van der Waals surface area contributed by atoms with Crippen molar-refractivity contribution in [2.24, 2.45) is 5.92 Å². The molecule has 1 saturated heterocycles. The summed E-state index contributed by atoms with van der Waals surface area (Å²) in [6.45, 7) is 3.48. The SMILES string of the molecule is CC(C)C(C(=O)O)N1C(=O)C(=Cc2ccc(Br)o2)SC1=S. The number of carboxylic acids is 1. The number of nitrogens with zero attached hydrogens (tertiary/aromatic N) is 1. The highest BCUT2D eigenvalue weighted by atomic mass is 79.9. The van der Waals surface area contributed by atoms with Gasteiger partial charge in [-0.1, -0.05) is 37.8 Å². The van der Waals surface area contributed by atoms with Crippen LogP contribution in [0.1, 0.15) is 19.6 Å². The number of carboxylic acid groups (broad SMARTS) is 1. The fraction of sp³-hybridized carbons (Fsp3) is 0.308. The van der Waals surface area contributed by atoms with E-state index < -0.39 is 17.9 Å². The van der Waals surface area contributed by atoms with Crippen molar-refractivity contribution < 1.29 is 19.1 Å². The summed E-state index contributed by atoms with van der Waals surface area (Å²) in [7, 11) is 0. The number of carbonyl (C=O) groups excluding carboxylic acids is 1. The third-order valence-corrected chi connectivity index (χ3v) is 4.61. The summed E-state index contributed by atoms with van der Waals surface area (Å²) < 4.78 is 6.12. The molecule has 8 heteroatoms. The first-order valence-electron chi connectivity index (χ1n) is 6.06. The Kier molecular flexibility index (Phi) is 4.90. The number of thiocarbonyl (C=S) groups is 1. The molecule has 0 aromatic carbocycles. The van der Waals surface area contributed by atoms with Crippen molar-refractivity contribution in [2.45, 2.75) is 19.9 Å². The number of rotatable bonds is 4. The average Bonchev–Trinajstić information content (AvgIpc) is 2.88. The maximum atomic E-state index is 12.4. The third kappa shape index (κ3) is 3.38. The summed E-state index contributed by atoms with van der Waals surface area (Å²) in [6, 6.07) is 2.45. The van der Waals surface area contributed by atoms with Gasteiger partial charge in [0.1, 0.15) is 16.1 Å². The summed E-state index contributed by atoms with van der Waals surface area (Å²) in [4.78, 5) is 25.3. The van der Waals surface area contributed by atoms with Crippen LogP contribution in [0.4, 0.5) is 0 Å². The molecular formula is C13H12BrNO4S2. The van der Waals surface area contributed by atoms with Crippen LogP contribution in [-0.4, -0.2) is 32.2 Å². The van der Waals surface area contributed by atoms with Gasteiger partial charge in [0.15, 0.2) is 4.67 Å². The van der Waals surface area contributed by atoms with E-state index >= 15 is 0 Å². The highest BCUT2D eigenvalue weighted by Crippen LogP contribution is 2.35. The first-order valence-corrected chi connectivity index (χ1v) is 8.08. The lowest BCUT2D eigenvalue weighted by Crippen LogP contribution is -2.47. The molecule has 21 heavy (non-hydrogen) atoms.